The van der Waals surface area contributed by atoms with Gasteiger partial charge in [-0.05, 0) is 13.0 Å². The molecule has 0 aliphatic rings. The number of nitrogens with zero attached hydrogens (tertiary/aromatic N) is 1. The Hall–Kier alpha value is -2.70. The molecule has 1 aromatic heterocycles. The minimum Gasteiger partial charge on any atom is -0.496 e. The molecule has 0 spiro atoms. The van der Waals surface area contributed by atoms with Gasteiger partial charge in [0.25, 0.3) is 0 Å². The Balaban J connectivity index is 2.45. The molecule has 0 N–H and O–H groups in total. The third-order valence-electron chi connectivity index (χ3n) is 2.97. The first kappa shape index (κ1) is 15.7. The lowest BCUT2D eigenvalue weighted by Gasteiger charge is -2.12. The summed E-state index contributed by atoms with van der Waals surface area (Å²) in [6.07, 6.45) is 0. The first-order valence-corrected chi connectivity index (χ1v) is 6.58. The van der Waals surface area contributed by atoms with E-state index >= 15 is 0 Å². The quantitative estimate of drug-likeness (QED) is 0.759. The third-order valence-corrected chi connectivity index (χ3v) is 2.97. The number of esters is 1. The largest absolute Gasteiger partial charge is 0.496 e. The van der Waals surface area contributed by atoms with Crippen molar-refractivity contribution in [2.75, 3.05) is 27.9 Å². The number of carbonyl (C=O) groups excluding carboxylic acids is 1. The summed E-state index contributed by atoms with van der Waals surface area (Å²) in [6.45, 7) is 1.98. The van der Waals surface area contributed by atoms with Crippen LogP contribution in [0.1, 0.15) is 17.4 Å². The van der Waals surface area contributed by atoms with Gasteiger partial charge in [0.1, 0.15) is 5.75 Å². The summed E-state index contributed by atoms with van der Waals surface area (Å²) < 4.78 is 25.9. The van der Waals surface area contributed by atoms with Crippen molar-refractivity contribution in [3.05, 3.63) is 23.9 Å². The van der Waals surface area contributed by atoms with Crippen LogP contribution in [0.2, 0.25) is 0 Å². The highest BCUT2D eigenvalue weighted by molar-refractivity contribution is 5.88. The summed E-state index contributed by atoms with van der Waals surface area (Å²) in [4.78, 5) is 11.6. The number of rotatable bonds is 6. The molecule has 2 rings (SSSR count). The van der Waals surface area contributed by atoms with Crippen molar-refractivity contribution in [3.8, 4) is 28.6 Å². The monoisotopic (exact) mass is 307 g/mol. The van der Waals surface area contributed by atoms with Gasteiger partial charge in [-0.2, -0.15) is 0 Å². The molecule has 0 saturated carbocycles. The van der Waals surface area contributed by atoms with Gasteiger partial charge in [0.2, 0.25) is 0 Å². The van der Waals surface area contributed by atoms with E-state index in [0.717, 1.165) is 0 Å². The van der Waals surface area contributed by atoms with Gasteiger partial charge in [0.15, 0.2) is 23.0 Å². The summed E-state index contributed by atoms with van der Waals surface area (Å²) in [5.74, 6) is 1.35. The zero-order valence-corrected chi connectivity index (χ0v) is 12.8. The maximum Gasteiger partial charge on any atom is 0.360 e. The van der Waals surface area contributed by atoms with Crippen molar-refractivity contribution in [3.63, 3.8) is 0 Å². The molecule has 0 bridgehead atoms. The predicted molar refractivity (Wildman–Crippen MR) is 77.6 cm³/mol. The number of ether oxygens (including phenoxy) is 4. The van der Waals surface area contributed by atoms with E-state index in [2.05, 4.69) is 5.16 Å². The van der Waals surface area contributed by atoms with Gasteiger partial charge in [-0.3, -0.25) is 0 Å². The molecule has 0 fully saturated rings. The van der Waals surface area contributed by atoms with Crippen LogP contribution in [0.4, 0.5) is 0 Å². The van der Waals surface area contributed by atoms with Crippen molar-refractivity contribution < 1.29 is 28.3 Å². The van der Waals surface area contributed by atoms with Gasteiger partial charge in [0, 0.05) is 12.1 Å². The van der Waals surface area contributed by atoms with Crippen LogP contribution in [0, 0.1) is 0 Å². The SMILES string of the molecule is CCOC(=O)c1cc(-c2cc(OC)c(OC)cc2OC)on1. The molecule has 0 unspecified atom stereocenters. The summed E-state index contributed by atoms with van der Waals surface area (Å²) >= 11 is 0. The number of carbonyl (C=O) groups is 1. The lowest BCUT2D eigenvalue weighted by Crippen LogP contribution is -2.04. The van der Waals surface area contributed by atoms with E-state index in [4.69, 9.17) is 23.5 Å². The molecule has 0 atom stereocenters. The molecule has 22 heavy (non-hydrogen) atoms. The van der Waals surface area contributed by atoms with Gasteiger partial charge in [-0.25, -0.2) is 4.79 Å². The minimum atomic E-state index is -0.544. The number of benzene rings is 1. The van der Waals surface area contributed by atoms with Crippen LogP contribution >= 0.6 is 0 Å². The molecular formula is C15H17NO6. The molecule has 0 aliphatic heterocycles. The van der Waals surface area contributed by atoms with Crippen molar-refractivity contribution in [2.45, 2.75) is 6.92 Å². The number of hydrogen-bond acceptors (Lipinski definition) is 7. The minimum absolute atomic E-state index is 0.0914. The molecule has 7 nitrogen and oxygen atoms in total. The lowest BCUT2D eigenvalue weighted by molar-refractivity contribution is 0.0514. The van der Waals surface area contributed by atoms with E-state index in [0.29, 0.717) is 28.6 Å². The van der Waals surface area contributed by atoms with E-state index in [1.165, 1.54) is 27.4 Å². The lowest BCUT2D eigenvalue weighted by atomic mass is 10.1. The summed E-state index contributed by atoms with van der Waals surface area (Å²) in [6, 6.07) is 4.84. The predicted octanol–water partition coefficient (Wildman–Crippen LogP) is 2.54. The van der Waals surface area contributed by atoms with Crippen molar-refractivity contribution in [2.24, 2.45) is 0 Å². The molecule has 0 amide bonds. The van der Waals surface area contributed by atoms with Crippen molar-refractivity contribution in [1.29, 1.82) is 0 Å². The highest BCUT2D eigenvalue weighted by atomic mass is 16.5. The summed E-state index contributed by atoms with van der Waals surface area (Å²) in [5.41, 5.74) is 0.678. The van der Waals surface area contributed by atoms with E-state index < -0.39 is 5.97 Å². The summed E-state index contributed by atoms with van der Waals surface area (Å²) in [5, 5.41) is 3.71. The Morgan fingerprint density at radius 1 is 1.05 bits per heavy atom. The molecule has 7 heteroatoms. The Kier molecular flexibility index (Phi) is 4.88. The van der Waals surface area contributed by atoms with Crippen LogP contribution in [-0.2, 0) is 4.74 Å². The molecule has 0 aliphatic carbocycles. The van der Waals surface area contributed by atoms with E-state index in [9.17, 15) is 4.79 Å². The maximum atomic E-state index is 11.6. The van der Waals surface area contributed by atoms with Crippen LogP contribution in [0.15, 0.2) is 22.7 Å². The van der Waals surface area contributed by atoms with Gasteiger partial charge in [0.05, 0.1) is 33.5 Å². The van der Waals surface area contributed by atoms with Crippen molar-refractivity contribution in [1.82, 2.24) is 5.16 Å². The number of aromatic nitrogens is 1. The Bertz CT molecular complexity index is 664. The standard InChI is InChI=1S/C15H17NO6/c1-5-21-15(17)10-7-12(22-16-10)9-6-13(19-3)14(20-4)8-11(9)18-2/h6-8H,5H2,1-4H3. The maximum absolute atomic E-state index is 11.6. The third kappa shape index (κ3) is 2.98. The first-order valence-electron chi connectivity index (χ1n) is 6.58. The van der Waals surface area contributed by atoms with E-state index in [-0.39, 0.29) is 12.3 Å². The topological polar surface area (TPSA) is 80.0 Å². The zero-order valence-electron chi connectivity index (χ0n) is 12.8. The van der Waals surface area contributed by atoms with E-state index in [1.54, 1.807) is 19.1 Å². The molecular weight excluding hydrogens is 290 g/mol. The van der Waals surface area contributed by atoms with Crippen LogP contribution in [0.25, 0.3) is 11.3 Å². The number of methoxy groups -OCH3 is 3. The normalized spacial score (nSPS) is 10.2. The second-order valence-corrected chi connectivity index (χ2v) is 4.20. The average molecular weight is 307 g/mol. The summed E-state index contributed by atoms with van der Waals surface area (Å²) in [7, 11) is 4.58. The van der Waals surface area contributed by atoms with Gasteiger partial charge in [-0.15, -0.1) is 0 Å². The molecule has 0 radical (unpaired) electrons. The second-order valence-electron chi connectivity index (χ2n) is 4.20. The Morgan fingerprint density at radius 3 is 2.27 bits per heavy atom. The Labute approximate surface area is 127 Å². The average Bonchev–Trinajstić information content (AvgIpc) is 3.03. The highest BCUT2D eigenvalue weighted by Gasteiger charge is 2.19. The second kappa shape index (κ2) is 6.84. The smallest absolute Gasteiger partial charge is 0.360 e. The first-order chi connectivity index (χ1) is 10.6. The van der Waals surface area contributed by atoms with E-state index in [1.807, 2.05) is 0 Å². The van der Waals surface area contributed by atoms with Gasteiger partial charge >= 0.3 is 5.97 Å². The fourth-order valence-corrected chi connectivity index (χ4v) is 1.93. The van der Waals surface area contributed by atoms with Gasteiger partial charge in [-0.1, -0.05) is 5.16 Å². The molecule has 2 aromatic rings. The fourth-order valence-electron chi connectivity index (χ4n) is 1.93. The van der Waals surface area contributed by atoms with Crippen LogP contribution in [0.3, 0.4) is 0 Å². The fraction of sp³-hybridized carbons (Fsp3) is 0.333. The van der Waals surface area contributed by atoms with Crippen LogP contribution in [0.5, 0.6) is 17.2 Å². The molecule has 1 heterocycles. The zero-order chi connectivity index (χ0) is 16.1. The Morgan fingerprint density at radius 2 is 1.68 bits per heavy atom. The highest BCUT2D eigenvalue weighted by Crippen LogP contribution is 2.40. The molecule has 1 aromatic carbocycles. The number of hydrogen-bond donors (Lipinski definition) is 0. The van der Waals surface area contributed by atoms with Gasteiger partial charge < -0.3 is 23.5 Å². The molecule has 118 valence electrons. The van der Waals surface area contributed by atoms with Crippen LogP contribution < -0.4 is 14.2 Å². The van der Waals surface area contributed by atoms with Crippen molar-refractivity contribution >= 4 is 5.97 Å². The van der Waals surface area contributed by atoms with Crippen LogP contribution in [-0.4, -0.2) is 39.1 Å². The molecule has 0 saturated heterocycles.